The Morgan fingerprint density at radius 2 is 0.808 bits per heavy atom. The zero-order valence-corrected chi connectivity index (χ0v) is 88.2. The molecule has 4 aliphatic heterocycles. The minimum atomic E-state index is -5.93. The number of benzene rings is 8. The Morgan fingerprint density at radius 3 is 1.12 bits per heavy atom. The van der Waals surface area contributed by atoms with E-state index in [1.54, 1.807) is 60.7 Å². The van der Waals surface area contributed by atoms with E-state index in [-0.39, 0.29) is 290 Å². The largest absolute Gasteiger partial charge is 1.00 e. The van der Waals surface area contributed by atoms with Crippen LogP contribution in [0.5, 0.6) is 11.5 Å². The molecule has 704 valence electrons. The third kappa shape index (κ3) is 37.8. The Morgan fingerprint density at radius 1 is 0.500 bits per heavy atom. The van der Waals surface area contributed by atoms with E-state index >= 15 is 0 Å². The second-order valence-electron chi connectivity index (χ2n) is 30.2. The molecule has 0 aromatic heterocycles. The number of aliphatic hydroxyl groups excluding tert-OH is 2. The number of carbonyl (C=O) groups is 3. The van der Waals surface area contributed by atoms with Gasteiger partial charge in [-0.3, -0.25) is 18.1 Å². The molecule has 0 radical (unpaired) electrons. The van der Waals surface area contributed by atoms with Crippen molar-refractivity contribution in [1.29, 1.82) is 0 Å². The number of nitrogens with zero attached hydrogens (tertiary/aromatic N) is 2. The normalized spacial score (nSPS) is 18.0. The van der Waals surface area contributed by atoms with Crippen molar-refractivity contribution in [2.24, 2.45) is 23.7 Å². The van der Waals surface area contributed by atoms with Crippen molar-refractivity contribution >= 4 is 64.0 Å². The first-order valence-electron chi connectivity index (χ1n) is 40.1. The Balaban J connectivity index is 0.000000421. The van der Waals surface area contributed by atoms with Gasteiger partial charge in [0.05, 0.1) is 98.8 Å². The SMILES string of the molecule is C.C.CC(C)CN(C[C@@H](O)[C@H](Cc1ccccc1)NC(=O)O[C@H]1CO[C@H]2OCC[C@H]21)S(=O)(=O)c1ccc(O)cc1.CC(C)CN(C[C@@H](O)[C@H](Cc1ccccc1)NC(=O)O[C@H]1CO[C@H]2OCC[C@H]21)S(=O)(=O)c1ccc(OCP(=O)(OCc2ccccc2)OCc2ccccc2)cc1.O=CO[O-].O=P(COS(=O)(=O)C(F)(F)F)(OCc1ccccc1)OCc1ccccc1.[Cs+].[Cs+].[H-]. The fourth-order valence-electron chi connectivity index (χ4n) is 13.3. The number of carbonyl (C=O) groups excluding carboxylic acids is 3. The van der Waals surface area contributed by atoms with Crippen LogP contribution in [0.2, 0.25) is 0 Å². The van der Waals surface area contributed by atoms with Gasteiger partial charge in [-0.1, -0.05) is 225 Å². The molecule has 130 heavy (non-hydrogen) atoms. The van der Waals surface area contributed by atoms with Gasteiger partial charge >= 0.3 is 181 Å². The monoisotopic (exact) mass is 2150 g/mol. The number of halogens is 3. The molecule has 2 amide bonds. The van der Waals surface area contributed by atoms with E-state index in [9.17, 15) is 72.5 Å². The van der Waals surface area contributed by atoms with E-state index < -0.39 is 119 Å². The van der Waals surface area contributed by atoms with Crippen molar-refractivity contribution in [1.82, 2.24) is 19.2 Å². The summed E-state index contributed by atoms with van der Waals surface area (Å²) in [5.41, 5.74) is -1.18. The number of fused-ring (bicyclic) bond motifs is 2. The molecule has 32 nitrogen and oxygen atoms in total. The van der Waals surface area contributed by atoms with E-state index in [1.165, 1.54) is 57.1 Å². The van der Waals surface area contributed by atoms with Crippen molar-refractivity contribution in [2.75, 3.05) is 65.3 Å². The molecule has 12 rings (SSSR count). The number of rotatable bonds is 41. The van der Waals surface area contributed by atoms with Crippen molar-refractivity contribution in [3.8, 4) is 11.5 Å². The molecule has 4 fully saturated rings. The Bertz CT molecular complexity index is 5020. The molecule has 4 heterocycles. The van der Waals surface area contributed by atoms with Gasteiger partial charge in [-0.05, 0) is 119 Å². The summed E-state index contributed by atoms with van der Waals surface area (Å²) >= 11 is 0. The minimum absolute atomic E-state index is 0. The number of phenolic OH excluding ortho intramolecular Hbond substituents is 1. The summed E-state index contributed by atoms with van der Waals surface area (Å²) < 4.78 is 209. The quantitative estimate of drug-likeness (QED) is 0.00617. The smallest absolute Gasteiger partial charge is 1.00 e. The van der Waals surface area contributed by atoms with Crippen LogP contribution in [0.25, 0.3) is 0 Å². The van der Waals surface area contributed by atoms with Crippen LogP contribution in [0.1, 0.15) is 90.2 Å². The van der Waals surface area contributed by atoms with Gasteiger partial charge in [0.2, 0.25) is 20.0 Å². The number of aliphatic hydroxyl groups is 2. The Labute approximate surface area is 877 Å². The summed E-state index contributed by atoms with van der Waals surface area (Å²) in [6.45, 7) is 8.13. The fraction of sp³-hybridized carbons (Fsp3) is 0.420. The number of sulfonamides is 2. The summed E-state index contributed by atoms with van der Waals surface area (Å²) in [7, 11) is -22.2. The van der Waals surface area contributed by atoms with Crippen LogP contribution < -0.4 is 158 Å². The molecular weight excluding hydrogens is 2040 g/mol. The van der Waals surface area contributed by atoms with Crippen LogP contribution in [-0.2, 0) is 139 Å². The van der Waals surface area contributed by atoms with Gasteiger partial charge in [-0.25, -0.2) is 26.4 Å². The van der Waals surface area contributed by atoms with Crippen LogP contribution in [0.3, 0.4) is 0 Å². The number of alkyl carbamates (subject to hydrolysis) is 2. The summed E-state index contributed by atoms with van der Waals surface area (Å²) in [5, 5.41) is 46.5. The van der Waals surface area contributed by atoms with E-state index in [1.807, 2.05) is 149 Å². The number of hydrogen-bond donors (Lipinski definition) is 5. The second kappa shape index (κ2) is 57.3. The molecule has 0 unspecified atom stereocenters. The van der Waals surface area contributed by atoms with Gasteiger partial charge in [-0.15, -0.1) is 0 Å². The maximum absolute atomic E-state index is 14.2. The van der Waals surface area contributed by atoms with E-state index in [2.05, 4.69) is 19.7 Å². The van der Waals surface area contributed by atoms with Crippen molar-refractivity contribution in [2.45, 2.75) is 159 Å². The minimum Gasteiger partial charge on any atom is -1.00 e. The third-order valence-corrected chi connectivity index (χ3v) is 27.5. The first-order valence-corrected chi connectivity index (χ1v) is 47.8. The number of alkyl halides is 3. The number of amides is 2. The number of nitrogens with one attached hydrogen (secondary N) is 2. The summed E-state index contributed by atoms with van der Waals surface area (Å²) in [6, 6.07) is 63.2. The van der Waals surface area contributed by atoms with Gasteiger partial charge in [0.25, 0.3) is 6.47 Å². The average molecular weight is 2160 g/mol. The van der Waals surface area contributed by atoms with Gasteiger partial charge in [-0.2, -0.15) is 30.2 Å². The third-order valence-electron chi connectivity index (χ3n) is 19.6. The van der Waals surface area contributed by atoms with Crippen LogP contribution in [0.15, 0.2) is 240 Å². The second-order valence-corrected chi connectivity index (χ2v) is 39.7. The summed E-state index contributed by atoms with van der Waals surface area (Å²) in [6.07, 6.45) is -5.57. The van der Waals surface area contributed by atoms with Crippen molar-refractivity contribution in [3.05, 3.63) is 264 Å². The van der Waals surface area contributed by atoms with E-state index in [4.69, 9.17) is 61.3 Å². The molecule has 8 aromatic carbocycles. The molecule has 0 spiro atoms. The van der Waals surface area contributed by atoms with Crippen LogP contribution >= 0.6 is 15.2 Å². The number of hydrogen-bond acceptors (Lipinski definition) is 28. The summed E-state index contributed by atoms with van der Waals surface area (Å²) in [5.74, 6) is -0.0101. The van der Waals surface area contributed by atoms with E-state index in [0.29, 0.717) is 30.8 Å². The average Bonchev–Trinajstić information content (AvgIpc) is 1.55. The molecule has 10 atom stereocenters. The standard InChI is InChI=1S/C42H51N2O11PS.C27H36N2O8S.C16H16F3O6PS.CH2O3.2CH4.2Cs.H/c1-31(2)25-44(26-39(45)38(24-32-12-6-3-7-13-32)43-42(46)55-40-29-51-41-37(40)22-23-50-41)57(48,49)36-20-18-35(19-21-36)52-30-56(47,53-27-33-14-8-4-9-15-33)54-28-34-16-10-5-11-17-34;1-18(2)15-29(38(33,34)21-10-8-20(30)9-11-21)16-24(31)23(14-19-6-4-3-5-7-19)28-27(32)37-25-17-36-26-22(25)12-13-35-26;17-16(18,19)27(21,22)25-13-26(20,23-11-14-7-3-1-4-8-14)24-12-15-9-5-2-6-10-15;2-1-4-3;;;;;/h3-21,31,37-41,45H,22-30H2,1-2H3,(H,43,46);3-11,18,22-26,30-31H,12-17H2,1-2H3,(H,28,32);1-10H,11-13H2;1,3H;2*1H4;;;/q;;;;;;2*+1;-1/p-1/t37-,38-,39+,40-,41+;22-,23-,24+,25-,26+;;;;;;;/m00......./s1. The Kier molecular flexibility index (Phi) is 50.9. The fourth-order valence-corrected chi connectivity index (χ4v) is 19.8. The zero-order valence-electron chi connectivity index (χ0n) is 72.4. The van der Waals surface area contributed by atoms with E-state index in [0.717, 1.165) is 28.7 Å². The maximum atomic E-state index is 14.2. The van der Waals surface area contributed by atoms with Crippen LogP contribution in [0.4, 0.5) is 22.8 Å². The molecule has 0 aliphatic carbocycles. The first kappa shape index (κ1) is 116. The molecule has 42 heteroatoms. The molecule has 0 saturated carbocycles. The van der Waals surface area contributed by atoms with Crippen LogP contribution in [0, 0.1) is 23.7 Å². The Hall–Kier alpha value is -4.99. The molecule has 4 saturated heterocycles. The predicted octanol–water partition coefficient (Wildman–Crippen LogP) is 7.52. The predicted molar refractivity (Wildman–Crippen MR) is 464 cm³/mol. The van der Waals surface area contributed by atoms with Crippen molar-refractivity contribution in [3.63, 3.8) is 0 Å². The molecule has 5 N–H and O–H groups in total. The number of aromatic hydroxyl groups is 1. The first-order chi connectivity index (χ1) is 60.1. The number of phenols is 1. The van der Waals surface area contributed by atoms with Gasteiger partial charge in [0, 0.05) is 26.2 Å². The molecule has 4 aliphatic rings. The van der Waals surface area contributed by atoms with Gasteiger partial charge in [0.15, 0.2) is 25.3 Å². The molecular formula is C88H113Cs2F3N4O28P2S3. The maximum Gasteiger partial charge on any atom is 1.00 e. The van der Waals surface area contributed by atoms with Crippen molar-refractivity contribution < 1.29 is 282 Å². The topological polar surface area (TPSA) is 422 Å². The molecule has 0 bridgehead atoms. The number of ether oxygens (including phenoxy) is 7. The van der Waals surface area contributed by atoms with Gasteiger partial charge < -0.3 is 88.8 Å². The molecule has 8 aromatic rings. The zero-order chi connectivity index (χ0) is 90.9. The summed E-state index contributed by atoms with van der Waals surface area (Å²) in [4.78, 5) is 37.3. The van der Waals surface area contributed by atoms with Gasteiger partial charge in [0.1, 0.15) is 23.7 Å². The van der Waals surface area contributed by atoms with Crippen LogP contribution in [-0.4, -0.2) is 188 Å².